The number of imidazole rings is 1. The van der Waals surface area contributed by atoms with Crippen molar-refractivity contribution in [2.75, 3.05) is 19.6 Å². The van der Waals surface area contributed by atoms with Gasteiger partial charge in [-0.3, -0.25) is 9.47 Å². The first-order valence-electron chi connectivity index (χ1n) is 6.04. The average Bonchev–Trinajstić information content (AvgIpc) is 3.01. The zero-order chi connectivity index (χ0) is 13.6. The summed E-state index contributed by atoms with van der Waals surface area (Å²) in [7, 11) is 0. The van der Waals surface area contributed by atoms with Crippen molar-refractivity contribution in [3.05, 3.63) is 18.7 Å². The topological polar surface area (TPSA) is 41.4 Å². The number of amides is 1. The SMILES string of the molecule is O=C(N1CC2C[C@H]1CN2CC(F)(F)F)n1ccnc1. The molecule has 19 heavy (non-hydrogen) atoms. The largest absolute Gasteiger partial charge is 0.401 e. The fraction of sp³-hybridized carbons (Fsp3) is 0.636. The van der Waals surface area contributed by atoms with E-state index in [1.807, 2.05) is 0 Å². The van der Waals surface area contributed by atoms with E-state index in [-0.39, 0.29) is 18.1 Å². The minimum absolute atomic E-state index is 0.123. The molecule has 0 spiro atoms. The van der Waals surface area contributed by atoms with E-state index in [2.05, 4.69) is 4.98 Å². The Morgan fingerprint density at radius 1 is 1.32 bits per heavy atom. The van der Waals surface area contributed by atoms with Gasteiger partial charge in [0.15, 0.2) is 0 Å². The fourth-order valence-corrected chi connectivity index (χ4v) is 2.93. The Balaban J connectivity index is 1.65. The number of alkyl halides is 3. The van der Waals surface area contributed by atoms with Crippen molar-refractivity contribution in [2.24, 2.45) is 0 Å². The van der Waals surface area contributed by atoms with Crippen LogP contribution in [-0.4, -0.2) is 63.3 Å². The van der Waals surface area contributed by atoms with Crippen LogP contribution >= 0.6 is 0 Å². The summed E-state index contributed by atoms with van der Waals surface area (Å²) < 4.78 is 38.5. The summed E-state index contributed by atoms with van der Waals surface area (Å²) in [5, 5.41) is 0. The molecular weight excluding hydrogens is 261 g/mol. The van der Waals surface area contributed by atoms with Gasteiger partial charge >= 0.3 is 12.2 Å². The van der Waals surface area contributed by atoms with Gasteiger partial charge < -0.3 is 4.90 Å². The van der Waals surface area contributed by atoms with Gasteiger partial charge in [0.2, 0.25) is 0 Å². The van der Waals surface area contributed by atoms with E-state index in [4.69, 9.17) is 0 Å². The Morgan fingerprint density at radius 3 is 2.63 bits per heavy atom. The van der Waals surface area contributed by atoms with E-state index in [1.54, 1.807) is 11.1 Å². The van der Waals surface area contributed by atoms with Crippen LogP contribution in [0.5, 0.6) is 0 Å². The number of halogens is 3. The van der Waals surface area contributed by atoms with Crippen LogP contribution < -0.4 is 0 Å². The Labute approximate surface area is 107 Å². The third-order valence-electron chi connectivity index (χ3n) is 3.71. The molecule has 2 aliphatic heterocycles. The van der Waals surface area contributed by atoms with Gasteiger partial charge in [0, 0.05) is 37.6 Å². The van der Waals surface area contributed by atoms with Crippen LogP contribution in [0.25, 0.3) is 0 Å². The predicted molar refractivity (Wildman–Crippen MR) is 59.5 cm³/mol. The number of likely N-dealkylation sites (tertiary alicyclic amines) is 2. The molecule has 0 N–H and O–H groups in total. The summed E-state index contributed by atoms with van der Waals surface area (Å²) in [5.41, 5.74) is 0. The molecule has 0 radical (unpaired) electrons. The number of hydrogen-bond acceptors (Lipinski definition) is 3. The molecule has 3 heterocycles. The lowest BCUT2D eigenvalue weighted by molar-refractivity contribution is -0.149. The second-order valence-electron chi connectivity index (χ2n) is 4.99. The first-order chi connectivity index (χ1) is 8.94. The van der Waals surface area contributed by atoms with Crippen LogP contribution in [0, 0.1) is 0 Å². The first kappa shape index (κ1) is 12.5. The summed E-state index contributed by atoms with van der Waals surface area (Å²) >= 11 is 0. The average molecular weight is 274 g/mol. The maximum Gasteiger partial charge on any atom is 0.401 e. The van der Waals surface area contributed by atoms with Crippen LogP contribution in [0.15, 0.2) is 18.7 Å². The number of piperazine rings is 1. The summed E-state index contributed by atoms with van der Waals surface area (Å²) in [5.74, 6) is 0. The van der Waals surface area contributed by atoms with Crippen molar-refractivity contribution in [3.8, 4) is 0 Å². The molecule has 1 aromatic rings. The fourth-order valence-electron chi connectivity index (χ4n) is 2.93. The molecule has 1 unspecified atom stereocenters. The van der Waals surface area contributed by atoms with E-state index in [9.17, 15) is 18.0 Å². The normalized spacial score (nSPS) is 27.2. The van der Waals surface area contributed by atoms with E-state index in [0.29, 0.717) is 19.5 Å². The van der Waals surface area contributed by atoms with Crippen molar-refractivity contribution in [1.82, 2.24) is 19.4 Å². The highest BCUT2D eigenvalue weighted by atomic mass is 19.4. The minimum Gasteiger partial charge on any atom is -0.318 e. The van der Waals surface area contributed by atoms with Crippen LogP contribution in [0.4, 0.5) is 18.0 Å². The van der Waals surface area contributed by atoms with Gasteiger partial charge in [0.25, 0.3) is 0 Å². The Bertz CT molecular complexity index is 473. The van der Waals surface area contributed by atoms with E-state index in [1.165, 1.54) is 22.0 Å². The molecule has 2 bridgehead atoms. The number of fused-ring (bicyclic) bond motifs is 2. The Hall–Kier alpha value is -1.57. The first-order valence-corrected chi connectivity index (χ1v) is 6.04. The highest BCUT2D eigenvalue weighted by Gasteiger charge is 2.48. The van der Waals surface area contributed by atoms with Gasteiger partial charge in [-0.1, -0.05) is 0 Å². The van der Waals surface area contributed by atoms with Gasteiger partial charge in [-0.2, -0.15) is 13.2 Å². The van der Waals surface area contributed by atoms with Crippen molar-refractivity contribution in [1.29, 1.82) is 0 Å². The van der Waals surface area contributed by atoms with Crippen LogP contribution in [0.3, 0.4) is 0 Å². The molecule has 2 aliphatic rings. The molecule has 0 aliphatic carbocycles. The maximum absolute atomic E-state index is 12.4. The smallest absolute Gasteiger partial charge is 0.318 e. The molecule has 2 fully saturated rings. The zero-order valence-corrected chi connectivity index (χ0v) is 10.0. The Morgan fingerprint density at radius 2 is 2.11 bits per heavy atom. The number of aromatic nitrogens is 2. The standard InChI is InChI=1S/C11H13F3N4O/c12-11(13,14)6-17-4-9-3-8(17)5-18(9)10(19)16-2-1-15-7-16/h1-2,7-9H,3-6H2/t8?,9-/m0/s1. The van der Waals surface area contributed by atoms with Gasteiger partial charge in [0.1, 0.15) is 6.33 Å². The molecule has 104 valence electrons. The quantitative estimate of drug-likeness (QED) is 0.772. The molecule has 3 rings (SSSR count). The lowest BCUT2D eigenvalue weighted by atomic mass is 10.2. The Kier molecular flexibility index (Phi) is 2.77. The van der Waals surface area contributed by atoms with Crippen molar-refractivity contribution < 1.29 is 18.0 Å². The molecule has 0 saturated carbocycles. The molecule has 5 nitrogen and oxygen atoms in total. The van der Waals surface area contributed by atoms with Gasteiger partial charge in [-0.25, -0.2) is 9.78 Å². The van der Waals surface area contributed by atoms with Crippen molar-refractivity contribution >= 4 is 6.03 Å². The monoisotopic (exact) mass is 274 g/mol. The maximum atomic E-state index is 12.4. The second kappa shape index (κ2) is 4.22. The van der Waals surface area contributed by atoms with Crippen LogP contribution in [-0.2, 0) is 0 Å². The van der Waals surface area contributed by atoms with E-state index in [0.717, 1.165) is 0 Å². The van der Waals surface area contributed by atoms with Gasteiger partial charge in [-0.15, -0.1) is 0 Å². The highest BCUT2D eigenvalue weighted by Crippen LogP contribution is 2.33. The summed E-state index contributed by atoms with van der Waals surface area (Å²) in [6, 6.07) is -0.516. The molecular formula is C11H13F3N4O. The molecule has 2 saturated heterocycles. The molecule has 0 aromatic carbocycles. The number of carbonyl (C=O) groups excluding carboxylic acids is 1. The number of carbonyl (C=O) groups is 1. The highest BCUT2D eigenvalue weighted by molar-refractivity contribution is 5.77. The number of hydrogen-bond donors (Lipinski definition) is 0. The van der Waals surface area contributed by atoms with E-state index < -0.39 is 12.7 Å². The number of nitrogens with zero attached hydrogens (tertiary/aromatic N) is 4. The van der Waals surface area contributed by atoms with Crippen molar-refractivity contribution in [3.63, 3.8) is 0 Å². The van der Waals surface area contributed by atoms with Crippen molar-refractivity contribution in [2.45, 2.75) is 24.7 Å². The third-order valence-corrected chi connectivity index (χ3v) is 3.71. The minimum atomic E-state index is -4.18. The summed E-state index contributed by atoms with van der Waals surface area (Å²) in [4.78, 5) is 19.0. The summed E-state index contributed by atoms with van der Waals surface area (Å²) in [6.07, 6.45) is 0.895. The van der Waals surface area contributed by atoms with Crippen LogP contribution in [0.2, 0.25) is 0 Å². The van der Waals surface area contributed by atoms with Gasteiger partial charge in [-0.05, 0) is 6.42 Å². The van der Waals surface area contributed by atoms with E-state index >= 15 is 0 Å². The molecule has 2 atom stereocenters. The molecule has 1 amide bonds. The molecule has 8 heteroatoms. The number of rotatable bonds is 1. The van der Waals surface area contributed by atoms with Gasteiger partial charge in [0.05, 0.1) is 6.54 Å². The lowest BCUT2D eigenvalue weighted by Crippen LogP contribution is -2.51. The molecule has 1 aromatic heterocycles. The zero-order valence-electron chi connectivity index (χ0n) is 10.0. The lowest BCUT2D eigenvalue weighted by Gasteiger charge is -2.34. The van der Waals surface area contributed by atoms with Crippen LogP contribution in [0.1, 0.15) is 6.42 Å². The predicted octanol–water partition coefficient (Wildman–Crippen LogP) is 1.17. The second-order valence-corrected chi connectivity index (χ2v) is 4.99. The summed E-state index contributed by atoms with van der Waals surface area (Å²) in [6.45, 7) is -0.232. The third kappa shape index (κ3) is 2.32.